The summed E-state index contributed by atoms with van der Waals surface area (Å²) < 4.78 is 41.7. The minimum atomic E-state index is -4.72. The van der Waals surface area contributed by atoms with Gasteiger partial charge in [0.25, 0.3) is 11.8 Å². The van der Waals surface area contributed by atoms with Crippen molar-refractivity contribution in [2.45, 2.75) is 52.1 Å². The molecule has 0 aliphatic carbocycles. The van der Waals surface area contributed by atoms with Crippen molar-refractivity contribution in [2.24, 2.45) is 21.8 Å². The van der Waals surface area contributed by atoms with Crippen LogP contribution in [0.5, 0.6) is 0 Å². The number of anilines is 1. The number of ketones is 1. The van der Waals surface area contributed by atoms with Gasteiger partial charge < -0.3 is 15.5 Å². The van der Waals surface area contributed by atoms with Crippen LogP contribution in [0.1, 0.15) is 55.5 Å². The van der Waals surface area contributed by atoms with E-state index in [9.17, 15) is 27.6 Å². The first-order chi connectivity index (χ1) is 22.5. The van der Waals surface area contributed by atoms with Crippen LogP contribution < -0.4 is 10.6 Å². The molecule has 2 fully saturated rings. The number of nitriles is 1. The largest absolute Gasteiger partial charge is 0.433 e. The van der Waals surface area contributed by atoms with E-state index in [-0.39, 0.29) is 53.0 Å². The van der Waals surface area contributed by atoms with Gasteiger partial charge in [0.1, 0.15) is 11.4 Å². The van der Waals surface area contributed by atoms with Crippen LogP contribution in [0.15, 0.2) is 74.9 Å². The molecule has 1 aromatic rings. The Morgan fingerprint density at radius 1 is 1.19 bits per heavy atom. The lowest BCUT2D eigenvalue weighted by atomic mass is 9.87. The molecule has 246 valence electrons. The average Bonchev–Trinajstić information content (AvgIpc) is 3.75. The number of carbonyl (C=O) groups is 3. The SMILES string of the molecule is C/C=C1/C(C2=CC(CC#N)CN=C2C(F)(F)F)=CN=C1C(=O)Nc1ccc(C(=O)N2CCC(=CC(=O)[C@@H]3CCNC3)CC2)c(CC)c1. The third-order valence-corrected chi connectivity index (χ3v) is 8.90. The van der Waals surface area contributed by atoms with Gasteiger partial charge in [0.15, 0.2) is 5.78 Å². The molecule has 4 heterocycles. The Bertz CT molecular complexity index is 1680. The van der Waals surface area contributed by atoms with Crippen molar-refractivity contribution >= 4 is 34.7 Å². The van der Waals surface area contributed by atoms with Crippen molar-refractivity contribution < 1.29 is 27.6 Å². The highest BCUT2D eigenvalue weighted by Crippen LogP contribution is 2.36. The van der Waals surface area contributed by atoms with Crippen LogP contribution in [0.4, 0.5) is 18.9 Å². The Labute approximate surface area is 271 Å². The summed E-state index contributed by atoms with van der Waals surface area (Å²) in [4.78, 5) is 49.1. The summed E-state index contributed by atoms with van der Waals surface area (Å²) in [6.07, 6.45) is 3.87. The number of nitrogens with zero attached hydrogens (tertiary/aromatic N) is 4. The molecule has 47 heavy (non-hydrogen) atoms. The molecule has 2 amide bonds. The Hall–Kier alpha value is -4.63. The number of benzene rings is 1. The summed E-state index contributed by atoms with van der Waals surface area (Å²) in [6, 6.07) is 6.99. The zero-order valence-corrected chi connectivity index (χ0v) is 26.4. The lowest BCUT2D eigenvalue weighted by molar-refractivity contribution is -0.117. The third kappa shape index (κ3) is 7.52. The van der Waals surface area contributed by atoms with E-state index in [4.69, 9.17) is 5.26 Å². The second-order valence-electron chi connectivity index (χ2n) is 12.0. The second-order valence-corrected chi connectivity index (χ2v) is 12.0. The molecule has 5 rings (SSSR count). The second kappa shape index (κ2) is 14.4. The van der Waals surface area contributed by atoms with Gasteiger partial charge in [0.2, 0.25) is 0 Å². The van der Waals surface area contributed by atoms with Crippen molar-refractivity contribution in [1.82, 2.24) is 10.2 Å². The molecule has 0 bridgehead atoms. The number of carbonyl (C=O) groups excluding carboxylic acids is 3. The minimum absolute atomic E-state index is 0.0123. The molecule has 9 nitrogen and oxygen atoms in total. The molecule has 2 saturated heterocycles. The summed E-state index contributed by atoms with van der Waals surface area (Å²) in [5, 5.41) is 15.1. The van der Waals surface area contributed by atoms with Crippen LogP contribution in [0.3, 0.4) is 0 Å². The van der Waals surface area contributed by atoms with Gasteiger partial charge in [-0.1, -0.05) is 24.6 Å². The van der Waals surface area contributed by atoms with Gasteiger partial charge in [-0.25, -0.2) is 4.99 Å². The highest BCUT2D eigenvalue weighted by Gasteiger charge is 2.42. The third-order valence-electron chi connectivity index (χ3n) is 8.90. The molecular weight excluding hydrogens is 609 g/mol. The lowest BCUT2D eigenvalue weighted by Gasteiger charge is -2.29. The maximum Gasteiger partial charge on any atom is 0.433 e. The maximum atomic E-state index is 13.9. The van der Waals surface area contributed by atoms with Gasteiger partial charge in [-0.2, -0.15) is 18.4 Å². The first-order valence-electron chi connectivity index (χ1n) is 15.9. The number of allylic oxidation sites excluding steroid dienone is 4. The summed E-state index contributed by atoms with van der Waals surface area (Å²) in [7, 11) is 0. The quantitative estimate of drug-likeness (QED) is 0.372. The Balaban J connectivity index is 1.25. The van der Waals surface area contributed by atoms with Crippen LogP contribution in [-0.2, 0) is 16.0 Å². The number of aliphatic imine (C=N–C) groups is 2. The van der Waals surface area contributed by atoms with Crippen LogP contribution in [-0.4, -0.2) is 72.8 Å². The minimum Gasteiger partial charge on any atom is -0.338 e. The number of rotatable bonds is 8. The number of alkyl halides is 3. The predicted octanol–water partition coefficient (Wildman–Crippen LogP) is 5.29. The molecule has 1 aromatic carbocycles. The smallest absolute Gasteiger partial charge is 0.338 e. The summed E-state index contributed by atoms with van der Waals surface area (Å²) in [5.74, 6) is -1.03. The molecule has 4 aliphatic rings. The first-order valence-corrected chi connectivity index (χ1v) is 15.9. The number of aryl methyl sites for hydroxylation is 1. The molecule has 0 radical (unpaired) electrons. The summed E-state index contributed by atoms with van der Waals surface area (Å²) >= 11 is 0. The zero-order valence-electron chi connectivity index (χ0n) is 26.4. The normalized spacial score (nSPS) is 22.3. The van der Waals surface area contributed by atoms with E-state index in [1.807, 2.05) is 13.0 Å². The average molecular weight is 647 g/mol. The molecule has 0 saturated carbocycles. The van der Waals surface area contributed by atoms with E-state index in [0.717, 1.165) is 24.1 Å². The van der Waals surface area contributed by atoms with Gasteiger partial charge >= 0.3 is 6.18 Å². The highest BCUT2D eigenvalue weighted by atomic mass is 19.4. The number of dihydropyridines is 1. The van der Waals surface area contributed by atoms with Crippen LogP contribution >= 0.6 is 0 Å². The van der Waals surface area contributed by atoms with E-state index in [1.165, 1.54) is 18.4 Å². The molecule has 2 atom stereocenters. The molecule has 4 aliphatic heterocycles. The van der Waals surface area contributed by atoms with Crippen molar-refractivity contribution in [1.29, 1.82) is 5.26 Å². The molecular formula is C35H37F3N6O3. The number of likely N-dealkylation sites (tertiary alicyclic amines) is 1. The van der Waals surface area contributed by atoms with E-state index in [2.05, 4.69) is 20.6 Å². The van der Waals surface area contributed by atoms with Crippen LogP contribution in [0, 0.1) is 23.2 Å². The Kier molecular flexibility index (Phi) is 10.3. The number of amides is 2. The lowest BCUT2D eigenvalue weighted by Crippen LogP contribution is -2.37. The predicted molar refractivity (Wildman–Crippen MR) is 173 cm³/mol. The molecule has 12 heteroatoms. The van der Waals surface area contributed by atoms with Crippen LogP contribution in [0.2, 0.25) is 0 Å². The van der Waals surface area contributed by atoms with E-state index < -0.39 is 23.7 Å². The Morgan fingerprint density at radius 2 is 1.96 bits per heavy atom. The van der Waals surface area contributed by atoms with Crippen molar-refractivity contribution in [3.8, 4) is 6.07 Å². The topological polar surface area (TPSA) is 127 Å². The molecule has 0 aromatic heterocycles. The van der Waals surface area contributed by atoms with Crippen molar-refractivity contribution in [3.63, 3.8) is 0 Å². The summed E-state index contributed by atoms with van der Waals surface area (Å²) in [5.41, 5.74) is 1.78. The van der Waals surface area contributed by atoms with E-state index >= 15 is 0 Å². The summed E-state index contributed by atoms with van der Waals surface area (Å²) in [6.45, 7) is 5.97. The van der Waals surface area contributed by atoms with Gasteiger partial charge in [0.05, 0.1) is 6.07 Å². The number of hydrogen-bond acceptors (Lipinski definition) is 7. The van der Waals surface area contributed by atoms with Crippen LogP contribution in [0.25, 0.3) is 0 Å². The standard InChI is InChI=1S/C35H37F3N6O3/c1-3-23-17-25(5-6-27(23)34(47)44-13-9-21(10-14-44)16-30(45)24-8-12-40-19-24)43-33(46)31-26(4-2)29(20-41-31)28-15-22(7-11-39)18-42-32(28)35(36,37)38/h4-6,15-17,20,22,24,40H,3,7-10,12-14,18-19H2,1-2H3,(H,43,46)/b26-4-/t22?,24-/m1/s1. The Morgan fingerprint density at radius 3 is 2.60 bits per heavy atom. The number of nitrogens with one attached hydrogen (secondary N) is 2. The molecule has 0 spiro atoms. The zero-order chi connectivity index (χ0) is 33.7. The van der Waals surface area contributed by atoms with E-state index in [1.54, 1.807) is 36.1 Å². The number of piperidine rings is 1. The fraction of sp³-hybridized carbons (Fsp3) is 0.429. The first kappa shape index (κ1) is 33.7. The van der Waals surface area contributed by atoms with Crippen molar-refractivity contribution in [2.75, 3.05) is 38.0 Å². The van der Waals surface area contributed by atoms with Gasteiger partial charge in [0, 0.05) is 78.6 Å². The highest BCUT2D eigenvalue weighted by molar-refractivity contribution is 6.51. The van der Waals surface area contributed by atoms with Gasteiger partial charge in [-0.05, 0) is 69.0 Å². The fourth-order valence-corrected chi connectivity index (χ4v) is 6.34. The van der Waals surface area contributed by atoms with Gasteiger partial charge in [-0.15, -0.1) is 0 Å². The van der Waals surface area contributed by atoms with E-state index in [0.29, 0.717) is 50.1 Å². The number of halogens is 3. The van der Waals surface area contributed by atoms with Crippen molar-refractivity contribution in [3.05, 3.63) is 76.0 Å². The molecule has 1 unspecified atom stereocenters. The maximum absolute atomic E-state index is 13.9. The molecule has 2 N–H and O–H groups in total. The monoisotopic (exact) mass is 646 g/mol. The van der Waals surface area contributed by atoms with Gasteiger partial charge in [-0.3, -0.25) is 19.4 Å². The fourth-order valence-electron chi connectivity index (χ4n) is 6.34. The number of hydrogen-bond donors (Lipinski definition) is 2.